The Hall–Kier alpha value is -6.11. The number of halogens is 7. The molecule has 4 heterocycles. The number of anilines is 2. The van der Waals surface area contributed by atoms with Gasteiger partial charge in [0, 0.05) is 23.8 Å². The van der Waals surface area contributed by atoms with Crippen LogP contribution in [0.3, 0.4) is 0 Å². The lowest BCUT2D eigenvalue weighted by atomic mass is 10.0. The molecular formula is C45H39ClF6N4O6S2. The highest BCUT2D eigenvalue weighted by Gasteiger charge is 2.31. The fraction of sp³-hybridized carbons (Fsp3) is 0.200. The number of nitrogens with one attached hydrogen (secondary N) is 1. The van der Waals surface area contributed by atoms with Crippen LogP contribution in [0.5, 0.6) is 0 Å². The second kappa shape index (κ2) is 21.0. The number of fused-ring (bicyclic) bond motifs is 2. The van der Waals surface area contributed by atoms with E-state index in [0.717, 1.165) is 102 Å². The zero-order valence-corrected chi connectivity index (χ0v) is 35.2. The number of benzene rings is 4. The molecule has 4 aromatic carbocycles. The topological polar surface area (TPSA) is 143 Å². The lowest BCUT2D eigenvalue weighted by Crippen LogP contribution is -2.36. The van der Waals surface area contributed by atoms with Crippen molar-refractivity contribution in [3.05, 3.63) is 178 Å². The predicted molar refractivity (Wildman–Crippen MR) is 229 cm³/mol. The first-order chi connectivity index (χ1) is 29.9. The molecule has 0 radical (unpaired) electrons. The average molecular weight is 945 g/mol. The van der Waals surface area contributed by atoms with Gasteiger partial charge in [-0.3, -0.25) is 9.59 Å². The minimum atomic E-state index is -4.00. The molecule has 2 aliphatic rings. The number of nitrogens with zero attached hydrogens (tertiary/aromatic N) is 3. The first-order valence-corrected chi connectivity index (χ1v) is 22.8. The van der Waals surface area contributed by atoms with Gasteiger partial charge in [0.15, 0.2) is 11.6 Å². The van der Waals surface area contributed by atoms with Crippen molar-refractivity contribution in [3.63, 3.8) is 0 Å². The fourth-order valence-corrected chi connectivity index (χ4v) is 8.87. The third-order valence-corrected chi connectivity index (χ3v) is 12.8. The summed E-state index contributed by atoms with van der Waals surface area (Å²) in [5.74, 6) is -5.14. The van der Waals surface area contributed by atoms with E-state index in [0.29, 0.717) is 24.1 Å². The van der Waals surface area contributed by atoms with Crippen LogP contribution in [0.4, 0.5) is 38.0 Å². The number of hydrogen-bond acceptors (Lipinski definition) is 9. The molecular weight excluding hydrogens is 906 g/mol. The minimum Gasteiger partial charge on any atom is -0.370 e. The molecule has 336 valence electrons. The highest BCUT2D eigenvalue weighted by molar-refractivity contribution is 8.13. The second-order valence-electron chi connectivity index (χ2n) is 14.0. The molecule has 1 N–H and O–H groups in total. The fourth-order valence-electron chi connectivity index (χ4n) is 6.61. The van der Waals surface area contributed by atoms with Gasteiger partial charge in [-0.2, -0.15) is 0 Å². The number of aryl methyl sites for hydroxylation is 2. The third kappa shape index (κ3) is 11.9. The zero-order valence-electron chi connectivity index (χ0n) is 32.8. The third-order valence-electron chi connectivity index (χ3n) is 9.67. The summed E-state index contributed by atoms with van der Waals surface area (Å²) in [6, 6.07) is 22.2. The zero-order chi connectivity index (χ0) is 45.5. The average Bonchev–Trinajstić information content (AvgIpc) is 3.24. The number of hydrogen-bond donors (Lipinski definition) is 1. The molecule has 64 heavy (non-hydrogen) atoms. The summed E-state index contributed by atoms with van der Waals surface area (Å²) < 4.78 is 129. The number of Topliss-reactive ketones (excluding diaryl/α,β-unsaturated/α-hetero) is 2. The van der Waals surface area contributed by atoms with Gasteiger partial charge in [0.2, 0.25) is 0 Å². The molecule has 0 unspecified atom stereocenters. The molecule has 0 fully saturated rings. The molecule has 10 nitrogen and oxygen atoms in total. The number of sulfonamides is 1. The summed E-state index contributed by atoms with van der Waals surface area (Å²) in [6.45, 7) is 1.01. The van der Waals surface area contributed by atoms with Gasteiger partial charge >= 0.3 is 0 Å². The van der Waals surface area contributed by atoms with Crippen LogP contribution < -0.4 is 9.62 Å². The van der Waals surface area contributed by atoms with E-state index in [1.165, 1.54) is 18.2 Å². The molecule has 0 spiro atoms. The Morgan fingerprint density at radius 3 is 1.55 bits per heavy atom. The number of aromatic nitrogens is 2. The highest BCUT2D eigenvalue weighted by atomic mass is 35.7. The quantitative estimate of drug-likeness (QED) is 0.0852. The van der Waals surface area contributed by atoms with Crippen molar-refractivity contribution in [3.8, 4) is 0 Å². The largest absolute Gasteiger partial charge is 0.370 e. The molecule has 8 rings (SSSR count). The van der Waals surface area contributed by atoms with E-state index in [2.05, 4.69) is 15.3 Å². The molecule has 0 bridgehead atoms. The molecule has 19 heteroatoms. The maximum Gasteiger partial charge on any atom is 0.265 e. The number of carbonyl (C=O) groups is 2. The lowest BCUT2D eigenvalue weighted by molar-refractivity contribution is 0.0975. The summed E-state index contributed by atoms with van der Waals surface area (Å²) in [5.41, 5.74) is 1.32. The van der Waals surface area contributed by atoms with Crippen molar-refractivity contribution >= 4 is 53.0 Å². The number of pyridine rings is 2. The standard InChI is InChI=1S/C22H17F3N2O3S.C16H14F2N2O.C6H4ClFO2S.CH4/c23-15-7-10-17(11-8-15)31(29,30)27-12-2-3-14-6-9-16(26-22(14)27)13-20(28)21-18(24)4-1-5-19(21)25;17-12-4-1-5-13(18)15(12)14(21)9-11-7-6-10-3-2-8-19-16(10)20-11;7-11(9,10)6-3-1-5(8)2-4-6;/h1,4-11H,2-3,12-13H2;1,4-7H,2-3,8-9H2,(H,19,20);1-4H;1H4. The molecule has 2 aliphatic heterocycles. The van der Waals surface area contributed by atoms with E-state index >= 15 is 0 Å². The molecule has 0 saturated carbocycles. The van der Waals surface area contributed by atoms with Crippen molar-refractivity contribution in [2.75, 3.05) is 22.7 Å². The summed E-state index contributed by atoms with van der Waals surface area (Å²) in [6.07, 6.45) is 2.64. The van der Waals surface area contributed by atoms with Crippen LogP contribution in [0.2, 0.25) is 0 Å². The van der Waals surface area contributed by atoms with E-state index in [1.807, 2.05) is 6.07 Å². The van der Waals surface area contributed by atoms with Gasteiger partial charge in [-0.05, 0) is 122 Å². The Balaban J connectivity index is 0.000000201. The number of rotatable bonds is 9. The van der Waals surface area contributed by atoms with Gasteiger partial charge in [0.25, 0.3) is 19.1 Å². The highest BCUT2D eigenvalue weighted by Crippen LogP contribution is 2.31. The second-order valence-corrected chi connectivity index (χ2v) is 18.5. The van der Waals surface area contributed by atoms with Gasteiger partial charge in [-0.1, -0.05) is 31.7 Å². The minimum absolute atomic E-state index is 0. The summed E-state index contributed by atoms with van der Waals surface area (Å²) in [7, 11) is -2.76. The smallest absolute Gasteiger partial charge is 0.265 e. The van der Waals surface area contributed by atoms with Crippen LogP contribution in [0.1, 0.15) is 63.5 Å². The van der Waals surface area contributed by atoms with E-state index < -0.39 is 83.1 Å². The molecule has 6 aromatic rings. The van der Waals surface area contributed by atoms with Crippen molar-refractivity contribution in [2.45, 2.75) is 55.7 Å². The molecule has 0 aliphatic carbocycles. The Bertz CT molecular complexity index is 2850. The molecule has 0 saturated heterocycles. The van der Waals surface area contributed by atoms with Crippen LogP contribution in [-0.4, -0.2) is 51.5 Å². The normalized spacial score (nSPS) is 13.0. The van der Waals surface area contributed by atoms with Gasteiger partial charge in [0.1, 0.15) is 46.5 Å². The van der Waals surface area contributed by atoms with Gasteiger partial charge in [0.05, 0.1) is 45.1 Å². The monoisotopic (exact) mass is 944 g/mol. The van der Waals surface area contributed by atoms with E-state index in [-0.39, 0.29) is 41.7 Å². The first-order valence-electron chi connectivity index (χ1n) is 19.1. The maximum atomic E-state index is 13.9. The van der Waals surface area contributed by atoms with Crippen molar-refractivity contribution in [1.29, 1.82) is 0 Å². The number of carbonyl (C=O) groups excluding carboxylic acids is 2. The summed E-state index contributed by atoms with van der Waals surface area (Å²) in [4.78, 5) is 33.1. The Morgan fingerprint density at radius 2 is 1.05 bits per heavy atom. The van der Waals surface area contributed by atoms with Crippen LogP contribution in [0.15, 0.2) is 119 Å². The maximum absolute atomic E-state index is 13.9. The summed E-state index contributed by atoms with van der Waals surface area (Å²) in [5, 5.41) is 3.17. The van der Waals surface area contributed by atoms with Crippen LogP contribution in [0, 0.1) is 34.9 Å². The van der Waals surface area contributed by atoms with E-state index in [9.17, 15) is 52.8 Å². The molecule has 0 amide bonds. The number of ketones is 2. The Labute approximate surface area is 370 Å². The van der Waals surface area contributed by atoms with Crippen LogP contribution in [0.25, 0.3) is 0 Å². The molecule has 2 aromatic heterocycles. The van der Waals surface area contributed by atoms with Gasteiger partial charge < -0.3 is 5.32 Å². The van der Waals surface area contributed by atoms with Crippen LogP contribution in [-0.2, 0) is 44.8 Å². The Kier molecular flexibility index (Phi) is 16.1. The van der Waals surface area contributed by atoms with Gasteiger partial charge in [-0.25, -0.2) is 57.5 Å². The lowest BCUT2D eigenvalue weighted by Gasteiger charge is -2.29. The molecule has 0 atom stereocenters. The Morgan fingerprint density at radius 1 is 0.594 bits per heavy atom. The first kappa shape index (κ1) is 48.9. The van der Waals surface area contributed by atoms with Crippen molar-refractivity contribution < 1.29 is 52.8 Å². The van der Waals surface area contributed by atoms with Crippen molar-refractivity contribution in [1.82, 2.24) is 9.97 Å². The van der Waals surface area contributed by atoms with Crippen LogP contribution >= 0.6 is 10.7 Å². The van der Waals surface area contributed by atoms with E-state index in [4.69, 9.17) is 10.7 Å². The predicted octanol–water partition coefficient (Wildman–Crippen LogP) is 9.60. The van der Waals surface area contributed by atoms with E-state index in [1.54, 1.807) is 18.2 Å². The SMILES string of the molecule is C.O=C(Cc1ccc2c(n1)N(S(=O)(=O)c1ccc(F)cc1)CCC2)c1c(F)cccc1F.O=C(Cc1ccc2c(n1)NCCC2)c1c(F)cccc1F.O=S(=O)(Cl)c1ccc(F)cc1. The van der Waals surface area contributed by atoms with Gasteiger partial charge in [-0.15, -0.1) is 0 Å². The summed E-state index contributed by atoms with van der Waals surface area (Å²) >= 11 is 0. The van der Waals surface area contributed by atoms with Crippen molar-refractivity contribution in [2.24, 2.45) is 0 Å².